The molecular formula is C12H25N3O. The largest absolute Gasteiger partial charge is 0.409 e. The monoisotopic (exact) mass is 227 g/mol. The maximum absolute atomic E-state index is 8.53. The first-order valence-electron chi connectivity index (χ1n) is 6.38. The van der Waals surface area contributed by atoms with E-state index < -0.39 is 0 Å². The molecule has 94 valence electrons. The molecule has 0 saturated heterocycles. The van der Waals surface area contributed by atoms with Crippen LogP contribution in [0, 0.1) is 11.8 Å². The number of rotatable bonds is 5. The van der Waals surface area contributed by atoms with Gasteiger partial charge in [0.15, 0.2) is 5.84 Å². The Bertz CT molecular complexity index is 222. The van der Waals surface area contributed by atoms with Crippen LogP contribution in [-0.4, -0.2) is 23.6 Å². The van der Waals surface area contributed by atoms with Crippen molar-refractivity contribution in [1.29, 1.82) is 0 Å². The van der Waals surface area contributed by atoms with Crippen LogP contribution in [0.4, 0.5) is 0 Å². The van der Waals surface area contributed by atoms with E-state index in [-0.39, 0.29) is 11.9 Å². The molecule has 0 aromatic carbocycles. The first-order valence-corrected chi connectivity index (χ1v) is 6.38. The second-order valence-electron chi connectivity index (χ2n) is 4.95. The smallest absolute Gasteiger partial charge is 0.156 e. The van der Waals surface area contributed by atoms with Crippen molar-refractivity contribution in [2.45, 2.75) is 52.0 Å². The van der Waals surface area contributed by atoms with Gasteiger partial charge in [-0.1, -0.05) is 31.3 Å². The minimum absolute atomic E-state index is 0.0334. The van der Waals surface area contributed by atoms with Crippen LogP contribution in [0.15, 0.2) is 5.16 Å². The highest BCUT2D eigenvalue weighted by Gasteiger charge is 2.20. The van der Waals surface area contributed by atoms with Gasteiger partial charge in [-0.25, -0.2) is 0 Å². The molecule has 4 nitrogen and oxygen atoms in total. The van der Waals surface area contributed by atoms with E-state index in [0.29, 0.717) is 0 Å². The highest BCUT2D eigenvalue weighted by Crippen LogP contribution is 2.30. The van der Waals surface area contributed by atoms with E-state index in [1.807, 2.05) is 6.92 Å². The van der Waals surface area contributed by atoms with Crippen molar-refractivity contribution in [3.05, 3.63) is 0 Å². The number of nitrogens with one attached hydrogen (secondary N) is 1. The second kappa shape index (κ2) is 6.74. The fraction of sp³-hybridized carbons (Fsp3) is 0.917. The third-order valence-electron chi connectivity index (χ3n) is 3.82. The van der Waals surface area contributed by atoms with Crippen molar-refractivity contribution < 1.29 is 5.21 Å². The summed E-state index contributed by atoms with van der Waals surface area (Å²) in [6.45, 7) is 5.18. The van der Waals surface area contributed by atoms with Crippen molar-refractivity contribution >= 4 is 5.84 Å². The molecule has 1 atom stereocenters. The van der Waals surface area contributed by atoms with E-state index in [9.17, 15) is 0 Å². The standard InChI is InChI=1S/C12H25N3O/c1-3-10-4-6-11(7-5-10)8-14-9(2)12(13)15-16/h9-11,14,16H,3-8H2,1-2H3,(H2,13,15). The number of hydrogen-bond acceptors (Lipinski definition) is 3. The summed E-state index contributed by atoms with van der Waals surface area (Å²) in [4.78, 5) is 0. The predicted octanol–water partition coefficient (Wildman–Crippen LogP) is 1.93. The molecule has 1 rings (SSSR count). The minimum atomic E-state index is -0.0334. The second-order valence-corrected chi connectivity index (χ2v) is 4.95. The van der Waals surface area contributed by atoms with E-state index in [2.05, 4.69) is 17.4 Å². The zero-order chi connectivity index (χ0) is 12.0. The van der Waals surface area contributed by atoms with E-state index in [0.717, 1.165) is 18.4 Å². The molecule has 0 aromatic rings. The summed E-state index contributed by atoms with van der Waals surface area (Å²) in [5.74, 6) is 1.97. The molecule has 4 N–H and O–H groups in total. The number of nitrogens with two attached hydrogens (primary N) is 1. The zero-order valence-corrected chi connectivity index (χ0v) is 10.4. The van der Waals surface area contributed by atoms with Gasteiger partial charge in [-0.15, -0.1) is 0 Å². The Hall–Kier alpha value is -0.770. The average Bonchev–Trinajstić information content (AvgIpc) is 2.35. The molecule has 1 aliphatic carbocycles. The third kappa shape index (κ3) is 4.00. The lowest BCUT2D eigenvalue weighted by molar-refractivity contribution is 0.260. The molecule has 0 spiro atoms. The Morgan fingerprint density at radius 3 is 2.44 bits per heavy atom. The van der Waals surface area contributed by atoms with Gasteiger partial charge in [0.25, 0.3) is 0 Å². The van der Waals surface area contributed by atoms with Crippen LogP contribution in [0.5, 0.6) is 0 Å². The summed E-state index contributed by atoms with van der Waals surface area (Å²) in [5, 5.41) is 14.9. The molecular weight excluding hydrogens is 202 g/mol. The van der Waals surface area contributed by atoms with Crippen molar-refractivity contribution in [2.75, 3.05) is 6.54 Å². The summed E-state index contributed by atoms with van der Waals surface area (Å²) < 4.78 is 0. The molecule has 1 fully saturated rings. The van der Waals surface area contributed by atoms with Gasteiger partial charge in [0.2, 0.25) is 0 Å². The number of hydrogen-bond donors (Lipinski definition) is 3. The summed E-state index contributed by atoms with van der Waals surface area (Å²) in [5.41, 5.74) is 5.51. The highest BCUT2D eigenvalue weighted by atomic mass is 16.4. The predicted molar refractivity (Wildman–Crippen MR) is 66.6 cm³/mol. The highest BCUT2D eigenvalue weighted by molar-refractivity contribution is 5.84. The van der Waals surface area contributed by atoms with Gasteiger partial charge >= 0.3 is 0 Å². The maximum Gasteiger partial charge on any atom is 0.156 e. The van der Waals surface area contributed by atoms with Crippen LogP contribution >= 0.6 is 0 Å². The summed E-state index contributed by atoms with van der Waals surface area (Å²) >= 11 is 0. The van der Waals surface area contributed by atoms with Crippen LogP contribution in [0.1, 0.15) is 46.0 Å². The zero-order valence-electron chi connectivity index (χ0n) is 10.4. The van der Waals surface area contributed by atoms with Gasteiger partial charge < -0.3 is 16.3 Å². The van der Waals surface area contributed by atoms with E-state index in [1.165, 1.54) is 32.1 Å². The van der Waals surface area contributed by atoms with Crippen LogP contribution in [0.3, 0.4) is 0 Å². The molecule has 0 bridgehead atoms. The number of amidine groups is 1. The lowest BCUT2D eigenvalue weighted by Crippen LogP contribution is -2.41. The molecule has 4 heteroatoms. The normalized spacial score (nSPS) is 29.0. The lowest BCUT2D eigenvalue weighted by atomic mass is 9.81. The molecule has 1 saturated carbocycles. The van der Waals surface area contributed by atoms with E-state index >= 15 is 0 Å². The Balaban J connectivity index is 2.19. The molecule has 0 amide bonds. The topological polar surface area (TPSA) is 70.6 Å². The number of nitrogens with zero attached hydrogens (tertiary/aromatic N) is 1. The fourth-order valence-corrected chi connectivity index (χ4v) is 2.38. The van der Waals surface area contributed by atoms with Gasteiger partial charge in [-0.05, 0) is 38.1 Å². The van der Waals surface area contributed by atoms with Crippen LogP contribution in [0.2, 0.25) is 0 Å². The quantitative estimate of drug-likeness (QED) is 0.291. The van der Waals surface area contributed by atoms with Gasteiger partial charge in [-0.2, -0.15) is 0 Å². The molecule has 0 radical (unpaired) electrons. The Labute approximate surface area is 98.3 Å². The van der Waals surface area contributed by atoms with Crippen LogP contribution in [-0.2, 0) is 0 Å². The van der Waals surface area contributed by atoms with Gasteiger partial charge in [0.05, 0.1) is 6.04 Å². The summed E-state index contributed by atoms with van der Waals surface area (Å²) in [6.07, 6.45) is 6.67. The van der Waals surface area contributed by atoms with Crippen molar-refractivity contribution in [2.24, 2.45) is 22.7 Å². The van der Waals surface area contributed by atoms with E-state index in [4.69, 9.17) is 10.9 Å². The van der Waals surface area contributed by atoms with E-state index in [1.54, 1.807) is 0 Å². The molecule has 1 unspecified atom stereocenters. The SMILES string of the molecule is CCC1CCC(CNC(C)C(N)=NO)CC1. The molecule has 1 aliphatic rings. The summed E-state index contributed by atoms with van der Waals surface area (Å²) in [7, 11) is 0. The first kappa shape index (κ1) is 13.3. The Morgan fingerprint density at radius 1 is 1.38 bits per heavy atom. The Kier molecular flexibility index (Phi) is 5.60. The molecule has 16 heavy (non-hydrogen) atoms. The third-order valence-corrected chi connectivity index (χ3v) is 3.82. The average molecular weight is 227 g/mol. The summed E-state index contributed by atoms with van der Waals surface area (Å²) in [6, 6.07) is -0.0334. The number of oxime groups is 1. The van der Waals surface area contributed by atoms with Crippen molar-refractivity contribution in [3.8, 4) is 0 Å². The molecule has 0 heterocycles. The fourth-order valence-electron chi connectivity index (χ4n) is 2.38. The van der Waals surface area contributed by atoms with Gasteiger partial charge in [0, 0.05) is 0 Å². The minimum Gasteiger partial charge on any atom is -0.409 e. The first-order chi connectivity index (χ1) is 7.67. The Morgan fingerprint density at radius 2 is 1.94 bits per heavy atom. The van der Waals surface area contributed by atoms with Crippen molar-refractivity contribution in [3.63, 3.8) is 0 Å². The van der Waals surface area contributed by atoms with Gasteiger partial charge in [0.1, 0.15) is 0 Å². The van der Waals surface area contributed by atoms with Crippen LogP contribution < -0.4 is 11.1 Å². The molecule has 0 aromatic heterocycles. The molecule has 0 aliphatic heterocycles. The van der Waals surface area contributed by atoms with Crippen LogP contribution in [0.25, 0.3) is 0 Å². The lowest BCUT2D eigenvalue weighted by Gasteiger charge is -2.28. The maximum atomic E-state index is 8.53. The van der Waals surface area contributed by atoms with Crippen molar-refractivity contribution in [1.82, 2.24) is 5.32 Å². The van der Waals surface area contributed by atoms with Gasteiger partial charge in [-0.3, -0.25) is 0 Å².